The van der Waals surface area contributed by atoms with E-state index in [1.165, 1.54) is 0 Å². The normalized spacial score (nSPS) is 10.2. The second-order valence-corrected chi connectivity index (χ2v) is 3.87. The number of aromatic carboxylic acids is 1. The minimum absolute atomic E-state index is 0.0656. The molecule has 1 amide bonds. The van der Waals surface area contributed by atoms with Crippen LogP contribution in [0, 0.1) is 6.92 Å². The molecule has 0 spiro atoms. The molecule has 2 heterocycles. The van der Waals surface area contributed by atoms with Gasteiger partial charge in [-0.15, -0.1) is 0 Å². The van der Waals surface area contributed by atoms with Gasteiger partial charge in [-0.2, -0.15) is 0 Å². The van der Waals surface area contributed by atoms with Crippen LogP contribution in [0.15, 0.2) is 29.0 Å². The number of pyridine rings is 1. The van der Waals surface area contributed by atoms with Crippen molar-refractivity contribution in [2.24, 2.45) is 0 Å². The highest BCUT2D eigenvalue weighted by molar-refractivity contribution is 5.94. The molecule has 0 aliphatic rings. The second kappa shape index (κ2) is 5.30. The van der Waals surface area contributed by atoms with Gasteiger partial charge in [0.2, 0.25) is 5.76 Å². The van der Waals surface area contributed by atoms with Crippen molar-refractivity contribution in [3.63, 3.8) is 0 Å². The summed E-state index contributed by atoms with van der Waals surface area (Å²) in [6.07, 6.45) is 3.33. The minimum atomic E-state index is -1.27. The fourth-order valence-electron chi connectivity index (χ4n) is 1.45. The molecule has 2 aromatic rings. The predicted octanol–water partition coefficient (Wildman–Crippen LogP) is 1.01. The van der Waals surface area contributed by atoms with E-state index in [-0.39, 0.29) is 11.5 Å². The summed E-state index contributed by atoms with van der Waals surface area (Å²) in [5.41, 5.74) is 1.81. The Morgan fingerprint density at radius 1 is 1.47 bits per heavy atom. The van der Waals surface area contributed by atoms with E-state index in [0.717, 1.165) is 17.2 Å². The van der Waals surface area contributed by atoms with Gasteiger partial charge >= 0.3 is 5.97 Å². The fraction of sp³-hybridized carbons (Fsp3) is 0.167. The van der Waals surface area contributed by atoms with Gasteiger partial charge in [0.25, 0.3) is 5.91 Å². The maximum atomic E-state index is 11.7. The van der Waals surface area contributed by atoms with Crippen LogP contribution in [0.3, 0.4) is 0 Å². The Hall–Kier alpha value is -2.70. The van der Waals surface area contributed by atoms with Crippen LogP contribution >= 0.6 is 0 Å². The number of carbonyl (C=O) groups excluding carboxylic acids is 1. The van der Waals surface area contributed by atoms with E-state index in [9.17, 15) is 9.59 Å². The molecule has 0 aliphatic carbocycles. The molecule has 7 heteroatoms. The molecule has 2 rings (SSSR count). The number of amides is 1. The van der Waals surface area contributed by atoms with Crippen molar-refractivity contribution in [3.8, 4) is 0 Å². The molecule has 0 aliphatic heterocycles. The quantitative estimate of drug-likeness (QED) is 0.850. The number of aryl methyl sites for hydroxylation is 1. The molecule has 0 saturated heterocycles. The summed E-state index contributed by atoms with van der Waals surface area (Å²) < 4.78 is 4.50. The van der Waals surface area contributed by atoms with Crippen LogP contribution in [0.2, 0.25) is 0 Å². The second-order valence-electron chi connectivity index (χ2n) is 3.87. The van der Waals surface area contributed by atoms with Gasteiger partial charge in [0.15, 0.2) is 5.69 Å². The Morgan fingerprint density at radius 3 is 2.89 bits per heavy atom. The number of carboxylic acid groups (broad SMARTS) is 1. The third kappa shape index (κ3) is 2.95. The molecule has 0 saturated carbocycles. The van der Waals surface area contributed by atoms with Crippen molar-refractivity contribution in [1.29, 1.82) is 0 Å². The zero-order valence-electron chi connectivity index (χ0n) is 10.1. The average Bonchev–Trinajstić information content (AvgIpc) is 2.87. The Balaban J connectivity index is 2.01. The largest absolute Gasteiger partial charge is 0.475 e. The van der Waals surface area contributed by atoms with E-state index in [2.05, 4.69) is 20.0 Å². The van der Waals surface area contributed by atoms with E-state index in [4.69, 9.17) is 5.11 Å². The van der Waals surface area contributed by atoms with Crippen molar-refractivity contribution < 1.29 is 19.2 Å². The maximum Gasteiger partial charge on any atom is 0.374 e. The molecular formula is C12H11N3O4. The molecule has 7 nitrogen and oxygen atoms in total. The van der Waals surface area contributed by atoms with Crippen LogP contribution in [0.1, 0.15) is 32.2 Å². The van der Waals surface area contributed by atoms with Crippen molar-refractivity contribution in [2.45, 2.75) is 13.5 Å². The molecule has 2 aromatic heterocycles. The molecule has 0 atom stereocenters. The van der Waals surface area contributed by atoms with Gasteiger partial charge < -0.3 is 14.9 Å². The molecule has 0 unspecified atom stereocenters. The number of nitrogens with one attached hydrogen (secondary N) is 1. The summed E-state index contributed by atoms with van der Waals surface area (Å²) in [6.45, 7) is 2.19. The zero-order valence-corrected chi connectivity index (χ0v) is 10.1. The number of nitrogens with zero attached hydrogens (tertiary/aromatic N) is 2. The summed E-state index contributed by atoms with van der Waals surface area (Å²) in [5, 5.41) is 14.7. The van der Waals surface area contributed by atoms with E-state index in [1.54, 1.807) is 18.5 Å². The van der Waals surface area contributed by atoms with Gasteiger partial charge in [-0.3, -0.25) is 9.78 Å². The van der Waals surface area contributed by atoms with E-state index >= 15 is 0 Å². The molecule has 0 radical (unpaired) electrons. The van der Waals surface area contributed by atoms with Crippen LogP contribution in [-0.2, 0) is 6.54 Å². The summed E-state index contributed by atoms with van der Waals surface area (Å²) in [7, 11) is 0. The van der Waals surface area contributed by atoms with Gasteiger partial charge in [-0.05, 0) is 24.1 Å². The van der Waals surface area contributed by atoms with Crippen molar-refractivity contribution in [2.75, 3.05) is 0 Å². The number of carbonyl (C=O) groups is 2. The lowest BCUT2D eigenvalue weighted by Gasteiger charge is -2.05. The fourth-order valence-corrected chi connectivity index (χ4v) is 1.45. The molecule has 0 fully saturated rings. The maximum absolute atomic E-state index is 11.7. The molecular weight excluding hydrogens is 250 g/mol. The van der Waals surface area contributed by atoms with Crippen LogP contribution in [-0.4, -0.2) is 27.1 Å². The van der Waals surface area contributed by atoms with E-state index in [0.29, 0.717) is 6.54 Å². The van der Waals surface area contributed by atoms with Crippen LogP contribution in [0.25, 0.3) is 0 Å². The number of carboxylic acids is 1. The molecule has 19 heavy (non-hydrogen) atoms. The van der Waals surface area contributed by atoms with Crippen LogP contribution in [0.4, 0.5) is 0 Å². The zero-order chi connectivity index (χ0) is 13.8. The number of hydrogen-bond acceptors (Lipinski definition) is 5. The smallest absolute Gasteiger partial charge is 0.374 e. The van der Waals surface area contributed by atoms with Gasteiger partial charge in [0, 0.05) is 25.0 Å². The first-order chi connectivity index (χ1) is 9.08. The summed E-state index contributed by atoms with van der Waals surface area (Å²) in [6, 6.07) is 2.87. The molecule has 0 aromatic carbocycles. The predicted molar refractivity (Wildman–Crippen MR) is 63.6 cm³/mol. The lowest BCUT2D eigenvalue weighted by Crippen LogP contribution is -2.23. The molecule has 2 N–H and O–H groups in total. The third-order valence-corrected chi connectivity index (χ3v) is 2.53. The van der Waals surface area contributed by atoms with Crippen molar-refractivity contribution in [3.05, 3.63) is 47.1 Å². The van der Waals surface area contributed by atoms with Gasteiger partial charge in [-0.25, -0.2) is 4.79 Å². The van der Waals surface area contributed by atoms with Gasteiger partial charge in [-0.1, -0.05) is 5.16 Å². The van der Waals surface area contributed by atoms with Gasteiger partial charge in [0.05, 0.1) is 0 Å². The Kier molecular flexibility index (Phi) is 3.56. The summed E-state index contributed by atoms with van der Waals surface area (Å²) >= 11 is 0. The van der Waals surface area contributed by atoms with Crippen LogP contribution < -0.4 is 5.32 Å². The standard InChI is InChI=1S/C12H11N3O4/c1-7-5-13-3-2-8(7)6-14-11(16)9-4-10(12(17)18)19-15-9/h2-5H,6H2,1H3,(H,14,16)(H,17,18). The van der Waals surface area contributed by atoms with Crippen molar-refractivity contribution >= 4 is 11.9 Å². The number of aromatic nitrogens is 2. The van der Waals surface area contributed by atoms with E-state index in [1.807, 2.05) is 6.92 Å². The first-order valence-electron chi connectivity index (χ1n) is 5.45. The highest BCUT2D eigenvalue weighted by atomic mass is 16.5. The molecule has 0 bridgehead atoms. The van der Waals surface area contributed by atoms with E-state index < -0.39 is 11.9 Å². The van der Waals surface area contributed by atoms with Gasteiger partial charge in [0.1, 0.15) is 0 Å². The lowest BCUT2D eigenvalue weighted by molar-refractivity contribution is 0.0651. The van der Waals surface area contributed by atoms with Crippen LogP contribution in [0.5, 0.6) is 0 Å². The third-order valence-electron chi connectivity index (χ3n) is 2.53. The minimum Gasteiger partial charge on any atom is -0.475 e. The molecule has 98 valence electrons. The Labute approximate surface area is 108 Å². The SMILES string of the molecule is Cc1cnccc1CNC(=O)c1cc(C(=O)O)on1. The average molecular weight is 261 g/mol. The Morgan fingerprint density at radius 2 is 2.26 bits per heavy atom. The topological polar surface area (TPSA) is 105 Å². The first-order valence-corrected chi connectivity index (χ1v) is 5.45. The highest BCUT2D eigenvalue weighted by Crippen LogP contribution is 2.06. The number of hydrogen-bond donors (Lipinski definition) is 2. The number of rotatable bonds is 4. The van der Waals surface area contributed by atoms with Crippen molar-refractivity contribution in [1.82, 2.24) is 15.5 Å². The monoisotopic (exact) mass is 261 g/mol. The Bertz CT molecular complexity index is 621. The highest BCUT2D eigenvalue weighted by Gasteiger charge is 2.16. The summed E-state index contributed by atoms with van der Waals surface area (Å²) in [4.78, 5) is 26.3. The first kappa shape index (κ1) is 12.7. The lowest BCUT2D eigenvalue weighted by atomic mass is 10.1. The summed E-state index contributed by atoms with van der Waals surface area (Å²) in [5.74, 6) is -2.13.